The molecule has 0 saturated carbocycles. The molecule has 88 valence electrons. The van der Waals surface area contributed by atoms with Crippen LogP contribution in [0.5, 0.6) is 0 Å². The third kappa shape index (κ3) is 3.28. The van der Waals surface area contributed by atoms with Gasteiger partial charge in [0.25, 0.3) is 0 Å². The zero-order chi connectivity index (χ0) is 12.3. The summed E-state index contributed by atoms with van der Waals surface area (Å²) in [7, 11) is 0. The lowest BCUT2D eigenvalue weighted by molar-refractivity contribution is 1.26. The minimum Gasteiger partial charge on any atom is -0.397 e. The summed E-state index contributed by atoms with van der Waals surface area (Å²) < 4.78 is 0. The molecule has 1 heterocycles. The quantitative estimate of drug-likeness (QED) is 0.856. The lowest BCUT2D eigenvalue weighted by Crippen LogP contribution is -1.90. The number of rotatable bonds is 3. The Morgan fingerprint density at radius 3 is 2.76 bits per heavy atom. The molecule has 0 saturated heterocycles. The topological polar surface area (TPSA) is 38.9 Å². The van der Waals surface area contributed by atoms with Gasteiger partial charge in [-0.3, -0.25) is 4.98 Å². The van der Waals surface area contributed by atoms with E-state index in [0.29, 0.717) is 15.7 Å². The van der Waals surface area contributed by atoms with Gasteiger partial charge in [-0.1, -0.05) is 29.3 Å². The predicted octanol–water partition coefficient (Wildman–Crippen LogP) is 4.26. The number of nitrogen functional groups attached to an aromatic ring is 1. The molecule has 1 aromatic carbocycles. The molecule has 2 rings (SSSR count). The van der Waals surface area contributed by atoms with Crippen molar-refractivity contribution in [1.29, 1.82) is 0 Å². The fraction of sp³-hybridized carbons (Fsp3) is 0.0833. The minimum absolute atomic E-state index is 0.646. The number of aromatic nitrogens is 1. The molecule has 0 aliphatic heterocycles. The van der Waals surface area contributed by atoms with Gasteiger partial charge in [0.1, 0.15) is 0 Å². The third-order valence-electron chi connectivity index (χ3n) is 2.21. The van der Waals surface area contributed by atoms with Gasteiger partial charge in [0.2, 0.25) is 0 Å². The number of halogens is 2. The minimum atomic E-state index is 0.646. The van der Waals surface area contributed by atoms with Crippen LogP contribution in [0.1, 0.15) is 5.56 Å². The monoisotopic (exact) mass is 284 g/mol. The van der Waals surface area contributed by atoms with Crippen molar-refractivity contribution in [2.24, 2.45) is 0 Å². The fourth-order valence-corrected chi connectivity index (χ4v) is 2.81. The Morgan fingerprint density at radius 2 is 2.06 bits per heavy atom. The molecular weight excluding hydrogens is 275 g/mol. The van der Waals surface area contributed by atoms with Gasteiger partial charge >= 0.3 is 0 Å². The van der Waals surface area contributed by atoms with Crippen LogP contribution < -0.4 is 5.73 Å². The van der Waals surface area contributed by atoms with E-state index in [0.717, 1.165) is 16.2 Å². The molecule has 5 heteroatoms. The summed E-state index contributed by atoms with van der Waals surface area (Å²) in [6.07, 6.45) is 3.37. The first-order valence-electron chi connectivity index (χ1n) is 4.93. The van der Waals surface area contributed by atoms with Crippen molar-refractivity contribution in [2.75, 3.05) is 5.73 Å². The van der Waals surface area contributed by atoms with Crippen LogP contribution in [0.2, 0.25) is 10.0 Å². The van der Waals surface area contributed by atoms with Crippen molar-refractivity contribution in [1.82, 2.24) is 4.98 Å². The standard InChI is InChI=1S/C12H10Cl2N2S/c13-9-2-1-8(10(14)5-9)7-17-12-3-4-16-6-11(12)15/h1-6H,7,15H2. The van der Waals surface area contributed by atoms with Crippen LogP contribution in [0.4, 0.5) is 5.69 Å². The van der Waals surface area contributed by atoms with E-state index in [2.05, 4.69) is 4.98 Å². The average Bonchev–Trinajstić information content (AvgIpc) is 2.30. The van der Waals surface area contributed by atoms with E-state index in [-0.39, 0.29) is 0 Å². The molecule has 1 aromatic heterocycles. The maximum Gasteiger partial charge on any atom is 0.0638 e. The summed E-state index contributed by atoms with van der Waals surface area (Å²) in [5.74, 6) is 0.754. The van der Waals surface area contributed by atoms with E-state index in [4.69, 9.17) is 28.9 Å². The van der Waals surface area contributed by atoms with Crippen LogP contribution in [0, 0.1) is 0 Å². The maximum atomic E-state index is 6.09. The molecule has 0 aliphatic rings. The van der Waals surface area contributed by atoms with Gasteiger partial charge in [0, 0.05) is 26.9 Å². The van der Waals surface area contributed by atoms with E-state index in [1.165, 1.54) is 0 Å². The maximum absolute atomic E-state index is 6.09. The van der Waals surface area contributed by atoms with E-state index in [9.17, 15) is 0 Å². The second-order valence-electron chi connectivity index (χ2n) is 3.44. The molecule has 17 heavy (non-hydrogen) atoms. The molecule has 2 aromatic rings. The van der Waals surface area contributed by atoms with Gasteiger partial charge in [0.05, 0.1) is 11.9 Å². The zero-order valence-electron chi connectivity index (χ0n) is 8.86. The predicted molar refractivity (Wildman–Crippen MR) is 74.7 cm³/mol. The number of nitrogens with zero attached hydrogens (tertiary/aromatic N) is 1. The van der Waals surface area contributed by atoms with Crippen molar-refractivity contribution in [3.63, 3.8) is 0 Å². The van der Waals surface area contributed by atoms with E-state index in [1.54, 1.807) is 30.2 Å². The summed E-state index contributed by atoms with van der Waals surface area (Å²) in [5, 5.41) is 1.32. The smallest absolute Gasteiger partial charge is 0.0638 e. The second kappa shape index (κ2) is 5.63. The molecule has 0 amide bonds. The largest absolute Gasteiger partial charge is 0.397 e. The second-order valence-corrected chi connectivity index (χ2v) is 5.30. The molecule has 0 aliphatic carbocycles. The molecule has 0 unspecified atom stereocenters. The van der Waals surface area contributed by atoms with Crippen LogP contribution >= 0.6 is 35.0 Å². The fourth-order valence-electron chi connectivity index (χ4n) is 1.32. The average molecular weight is 285 g/mol. The first-order chi connectivity index (χ1) is 8.16. The van der Waals surface area contributed by atoms with Gasteiger partial charge in [-0.05, 0) is 23.8 Å². The summed E-state index contributed by atoms with van der Waals surface area (Å²) >= 11 is 13.6. The number of hydrogen-bond acceptors (Lipinski definition) is 3. The number of hydrogen-bond donors (Lipinski definition) is 1. The van der Waals surface area contributed by atoms with Gasteiger partial charge in [0.15, 0.2) is 0 Å². The van der Waals surface area contributed by atoms with Crippen molar-refractivity contribution in [2.45, 2.75) is 10.6 Å². The number of benzene rings is 1. The first-order valence-corrected chi connectivity index (χ1v) is 6.67. The van der Waals surface area contributed by atoms with Crippen LogP contribution in [-0.4, -0.2) is 4.98 Å². The van der Waals surface area contributed by atoms with E-state index >= 15 is 0 Å². The number of anilines is 1. The summed E-state index contributed by atoms with van der Waals surface area (Å²) in [5.41, 5.74) is 7.53. The molecular formula is C12H10Cl2N2S. The highest BCUT2D eigenvalue weighted by Crippen LogP contribution is 2.30. The van der Waals surface area contributed by atoms with Crippen LogP contribution in [0.15, 0.2) is 41.6 Å². The lowest BCUT2D eigenvalue weighted by atomic mass is 10.2. The highest BCUT2D eigenvalue weighted by atomic mass is 35.5. The molecule has 0 spiro atoms. The van der Waals surface area contributed by atoms with Crippen molar-refractivity contribution < 1.29 is 0 Å². The van der Waals surface area contributed by atoms with Crippen LogP contribution in [0.25, 0.3) is 0 Å². The number of pyridine rings is 1. The molecule has 0 bridgehead atoms. The van der Waals surface area contributed by atoms with Gasteiger partial charge in [-0.25, -0.2) is 0 Å². The van der Waals surface area contributed by atoms with E-state index in [1.807, 2.05) is 18.2 Å². The van der Waals surface area contributed by atoms with Crippen LogP contribution in [0.3, 0.4) is 0 Å². The highest BCUT2D eigenvalue weighted by Gasteiger charge is 2.04. The van der Waals surface area contributed by atoms with Crippen molar-refractivity contribution >= 4 is 40.7 Å². The number of nitrogens with two attached hydrogens (primary N) is 1. The van der Waals surface area contributed by atoms with Crippen LogP contribution in [-0.2, 0) is 5.75 Å². The Hall–Kier alpha value is -0.900. The Balaban J connectivity index is 2.10. The van der Waals surface area contributed by atoms with E-state index < -0.39 is 0 Å². The molecule has 0 radical (unpaired) electrons. The lowest BCUT2D eigenvalue weighted by Gasteiger charge is -2.06. The molecule has 0 fully saturated rings. The molecule has 2 nitrogen and oxygen atoms in total. The Kier molecular flexibility index (Phi) is 4.15. The summed E-state index contributed by atoms with van der Waals surface area (Å²) in [6, 6.07) is 7.40. The number of thioether (sulfide) groups is 1. The Bertz CT molecular complexity index is 532. The summed E-state index contributed by atoms with van der Waals surface area (Å²) in [6.45, 7) is 0. The SMILES string of the molecule is Nc1cnccc1SCc1ccc(Cl)cc1Cl. The first kappa shape index (κ1) is 12.6. The molecule has 0 atom stereocenters. The highest BCUT2D eigenvalue weighted by molar-refractivity contribution is 7.98. The van der Waals surface area contributed by atoms with Crippen molar-refractivity contribution in [3.8, 4) is 0 Å². The van der Waals surface area contributed by atoms with Gasteiger partial charge in [-0.2, -0.15) is 0 Å². The Morgan fingerprint density at radius 1 is 1.24 bits per heavy atom. The Labute approximate surface area is 114 Å². The van der Waals surface area contributed by atoms with Gasteiger partial charge in [-0.15, -0.1) is 11.8 Å². The normalized spacial score (nSPS) is 10.5. The molecule has 2 N–H and O–H groups in total. The zero-order valence-corrected chi connectivity index (χ0v) is 11.2. The van der Waals surface area contributed by atoms with Gasteiger partial charge < -0.3 is 5.73 Å². The summed E-state index contributed by atoms with van der Waals surface area (Å²) in [4.78, 5) is 4.95. The third-order valence-corrected chi connectivity index (χ3v) is 3.93. The van der Waals surface area contributed by atoms with Crippen molar-refractivity contribution in [3.05, 3.63) is 52.3 Å².